The predicted octanol–water partition coefficient (Wildman–Crippen LogP) is 4.72. The molecule has 186 valence electrons. The van der Waals surface area contributed by atoms with Gasteiger partial charge in [-0.05, 0) is 68.1 Å². The molecule has 0 fully saturated rings. The second kappa shape index (κ2) is 11.0. The average molecular weight is 521 g/mol. The maximum Gasteiger partial charge on any atom is 0.264 e. The molecule has 0 aliphatic carbocycles. The molecule has 4 aromatic rings. The van der Waals surface area contributed by atoms with Crippen LogP contribution in [-0.2, 0) is 21.4 Å². The molecule has 1 amide bonds. The Kier molecular flexibility index (Phi) is 7.81. The summed E-state index contributed by atoms with van der Waals surface area (Å²) in [7, 11) is -3.97. The number of aryl methyl sites for hydroxylation is 2. The van der Waals surface area contributed by atoms with E-state index in [4.69, 9.17) is 0 Å². The van der Waals surface area contributed by atoms with Crippen molar-refractivity contribution < 1.29 is 13.2 Å². The molecule has 0 atom stereocenters. The monoisotopic (exact) mass is 520 g/mol. The van der Waals surface area contributed by atoms with Gasteiger partial charge < -0.3 is 9.88 Å². The fourth-order valence-electron chi connectivity index (χ4n) is 3.81. The van der Waals surface area contributed by atoms with Crippen LogP contribution in [0.1, 0.15) is 17.0 Å². The number of imidazole rings is 1. The molecule has 4 rings (SSSR count). The Hall–Kier alpha value is -3.56. The second-order valence-corrected chi connectivity index (χ2v) is 11.0. The van der Waals surface area contributed by atoms with Crippen LogP contribution in [0, 0.1) is 13.8 Å². The van der Waals surface area contributed by atoms with E-state index in [9.17, 15) is 13.2 Å². The van der Waals surface area contributed by atoms with Gasteiger partial charge in [0, 0.05) is 23.8 Å². The normalized spacial score (nSPS) is 11.3. The highest BCUT2D eigenvalue weighted by atomic mass is 32.2. The second-order valence-electron chi connectivity index (χ2n) is 8.27. The number of benzene rings is 3. The smallest absolute Gasteiger partial charge is 0.264 e. The van der Waals surface area contributed by atoms with E-state index in [1.54, 1.807) is 42.6 Å². The Labute approximate surface area is 216 Å². The van der Waals surface area contributed by atoms with Crippen molar-refractivity contribution in [2.24, 2.45) is 0 Å². The summed E-state index contributed by atoms with van der Waals surface area (Å²) >= 11 is 1.53. The van der Waals surface area contributed by atoms with E-state index in [1.807, 2.05) is 67.3 Å². The maximum atomic E-state index is 13.6. The molecule has 0 unspecified atom stereocenters. The van der Waals surface area contributed by atoms with E-state index in [-0.39, 0.29) is 18.0 Å². The third kappa shape index (κ3) is 5.63. The van der Waals surface area contributed by atoms with Crippen LogP contribution in [0.5, 0.6) is 0 Å². The van der Waals surface area contributed by atoms with Crippen molar-refractivity contribution in [3.63, 3.8) is 0 Å². The lowest BCUT2D eigenvalue weighted by Crippen LogP contribution is -2.40. The molecule has 9 heteroatoms. The first-order chi connectivity index (χ1) is 17.3. The lowest BCUT2D eigenvalue weighted by atomic mass is 10.1. The lowest BCUT2D eigenvalue weighted by Gasteiger charge is -2.24. The van der Waals surface area contributed by atoms with Crippen LogP contribution in [0.15, 0.2) is 95.0 Å². The summed E-state index contributed by atoms with van der Waals surface area (Å²) in [6.07, 6.45) is 5.52. The topological polar surface area (TPSA) is 84.3 Å². The Morgan fingerprint density at radius 2 is 1.69 bits per heavy atom. The third-order valence-electron chi connectivity index (χ3n) is 5.81. The summed E-state index contributed by atoms with van der Waals surface area (Å²) in [6, 6.07) is 21.5. The van der Waals surface area contributed by atoms with E-state index in [0.29, 0.717) is 5.69 Å². The number of amides is 1. The van der Waals surface area contributed by atoms with Gasteiger partial charge in [-0.15, -0.1) is 11.8 Å². The lowest BCUT2D eigenvalue weighted by molar-refractivity contribution is -0.119. The molecule has 0 saturated heterocycles. The quantitative estimate of drug-likeness (QED) is 0.323. The Bertz CT molecular complexity index is 1450. The standard InChI is InChI=1S/C27H28N4O3S2/c1-20-8-10-23(11-9-20)31(36(33,34)25-14-12-24(35-3)13-15-25)19-27(32)29-18-22-6-4-5-7-26(22)30-17-16-28-21(30)2/h4-17H,18-19H2,1-3H3,(H,29,32). The fraction of sp³-hybridized carbons (Fsp3) is 0.185. The van der Waals surface area contributed by atoms with Crippen molar-refractivity contribution in [1.29, 1.82) is 0 Å². The first kappa shape index (κ1) is 25.5. The maximum absolute atomic E-state index is 13.6. The van der Waals surface area contributed by atoms with Gasteiger partial charge in [0.1, 0.15) is 12.4 Å². The van der Waals surface area contributed by atoms with Crippen molar-refractivity contribution in [3.05, 3.63) is 102 Å². The molecule has 1 N–H and O–H groups in total. The van der Waals surface area contributed by atoms with Gasteiger partial charge in [0.25, 0.3) is 10.0 Å². The molecule has 0 aliphatic rings. The van der Waals surface area contributed by atoms with Crippen LogP contribution in [0.25, 0.3) is 5.69 Å². The molecule has 0 saturated carbocycles. The van der Waals surface area contributed by atoms with Gasteiger partial charge in [-0.1, -0.05) is 35.9 Å². The van der Waals surface area contributed by atoms with Gasteiger partial charge >= 0.3 is 0 Å². The molecule has 0 spiro atoms. The number of sulfonamides is 1. The Balaban J connectivity index is 1.58. The van der Waals surface area contributed by atoms with E-state index in [2.05, 4.69) is 10.3 Å². The van der Waals surface area contributed by atoms with Crippen molar-refractivity contribution in [2.75, 3.05) is 17.1 Å². The number of carbonyl (C=O) groups is 1. The Morgan fingerprint density at radius 1 is 1.00 bits per heavy atom. The number of rotatable bonds is 9. The van der Waals surface area contributed by atoms with E-state index in [0.717, 1.165) is 31.8 Å². The van der Waals surface area contributed by atoms with Crippen molar-refractivity contribution in [1.82, 2.24) is 14.9 Å². The van der Waals surface area contributed by atoms with Crippen LogP contribution in [-0.4, -0.2) is 36.7 Å². The zero-order valence-electron chi connectivity index (χ0n) is 20.4. The minimum Gasteiger partial charge on any atom is -0.350 e. The van der Waals surface area contributed by atoms with Crippen LogP contribution in [0.3, 0.4) is 0 Å². The van der Waals surface area contributed by atoms with E-state index >= 15 is 0 Å². The molecular weight excluding hydrogens is 492 g/mol. The third-order valence-corrected chi connectivity index (χ3v) is 8.34. The summed E-state index contributed by atoms with van der Waals surface area (Å²) in [4.78, 5) is 18.4. The molecule has 0 bridgehead atoms. The summed E-state index contributed by atoms with van der Waals surface area (Å²) in [6.45, 7) is 3.74. The van der Waals surface area contributed by atoms with E-state index in [1.165, 1.54) is 11.8 Å². The molecule has 1 heterocycles. The molecule has 7 nitrogen and oxygen atoms in total. The van der Waals surface area contributed by atoms with Gasteiger partial charge in [0.2, 0.25) is 5.91 Å². The van der Waals surface area contributed by atoms with Crippen molar-refractivity contribution in [3.8, 4) is 5.69 Å². The van der Waals surface area contributed by atoms with Gasteiger partial charge in [0.05, 0.1) is 16.3 Å². The number of hydrogen-bond acceptors (Lipinski definition) is 5. The number of aromatic nitrogens is 2. The fourth-order valence-corrected chi connectivity index (χ4v) is 5.64. The van der Waals surface area contributed by atoms with Crippen LogP contribution in [0.4, 0.5) is 5.69 Å². The number of para-hydroxylation sites is 1. The first-order valence-electron chi connectivity index (χ1n) is 11.4. The summed E-state index contributed by atoms with van der Waals surface area (Å²) in [5.41, 5.74) is 3.23. The minimum atomic E-state index is -3.97. The zero-order valence-corrected chi connectivity index (χ0v) is 22.0. The highest BCUT2D eigenvalue weighted by Crippen LogP contribution is 2.26. The SMILES string of the molecule is CSc1ccc(S(=O)(=O)N(CC(=O)NCc2ccccc2-n2ccnc2C)c2ccc(C)cc2)cc1. The van der Waals surface area contributed by atoms with E-state index < -0.39 is 15.9 Å². The van der Waals surface area contributed by atoms with Crippen LogP contribution >= 0.6 is 11.8 Å². The molecular formula is C27H28N4O3S2. The van der Waals surface area contributed by atoms with Crippen molar-refractivity contribution in [2.45, 2.75) is 30.2 Å². The van der Waals surface area contributed by atoms with Crippen LogP contribution < -0.4 is 9.62 Å². The van der Waals surface area contributed by atoms with Gasteiger partial charge in [-0.25, -0.2) is 13.4 Å². The number of nitrogens with zero attached hydrogens (tertiary/aromatic N) is 3. The number of carbonyl (C=O) groups excluding carboxylic acids is 1. The molecule has 0 radical (unpaired) electrons. The molecule has 0 aliphatic heterocycles. The summed E-state index contributed by atoms with van der Waals surface area (Å²) < 4.78 is 30.3. The number of anilines is 1. The first-order valence-corrected chi connectivity index (χ1v) is 14.0. The number of hydrogen-bond donors (Lipinski definition) is 1. The molecule has 3 aromatic carbocycles. The minimum absolute atomic E-state index is 0.134. The number of nitrogens with one attached hydrogen (secondary N) is 1. The summed E-state index contributed by atoms with van der Waals surface area (Å²) in [5.74, 6) is 0.426. The van der Waals surface area contributed by atoms with Gasteiger partial charge in [-0.2, -0.15) is 0 Å². The van der Waals surface area contributed by atoms with Crippen molar-refractivity contribution >= 4 is 33.4 Å². The zero-order chi connectivity index (χ0) is 25.7. The highest BCUT2D eigenvalue weighted by molar-refractivity contribution is 7.98. The number of thioether (sulfide) groups is 1. The van der Waals surface area contributed by atoms with Gasteiger partial charge in [0.15, 0.2) is 0 Å². The average Bonchev–Trinajstić information content (AvgIpc) is 3.32. The molecule has 1 aromatic heterocycles. The van der Waals surface area contributed by atoms with Gasteiger partial charge in [-0.3, -0.25) is 9.10 Å². The summed E-state index contributed by atoms with van der Waals surface area (Å²) in [5, 5.41) is 2.89. The van der Waals surface area contributed by atoms with Crippen LogP contribution in [0.2, 0.25) is 0 Å². The largest absolute Gasteiger partial charge is 0.350 e. The Morgan fingerprint density at radius 3 is 2.33 bits per heavy atom. The predicted molar refractivity (Wildman–Crippen MR) is 144 cm³/mol. The molecule has 36 heavy (non-hydrogen) atoms. The highest BCUT2D eigenvalue weighted by Gasteiger charge is 2.27.